The average Bonchev–Trinajstić information content (AvgIpc) is 2.25. The lowest BCUT2D eigenvalue weighted by molar-refractivity contribution is -0.156. The lowest BCUT2D eigenvalue weighted by Gasteiger charge is -2.22. The summed E-state index contributed by atoms with van der Waals surface area (Å²) < 4.78 is 43.5. The molecule has 3 nitrogen and oxygen atoms in total. The molecule has 1 rings (SSSR count). The van der Waals surface area contributed by atoms with E-state index in [-0.39, 0.29) is 12.0 Å². The Morgan fingerprint density at radius 3 is 2.30 bits per heavy atom. The number of hydrogen-bond donors (Lipinski definition) is 1. The van der Waals surface area contributed by atoms with Crippen molar-refractivity contribution in [3.05, 3.63) is 35.4 Å². The Hall–Kier alpha value is -1.56. The zero-order valence-electron chi connectivity index (χ0n) is 11.6. The predicted octanol–water partition coefficient (Wildman–Crippen LogP) is 2.92. The largest absolute Gasteiger partial charge is 0.459 e. The lowest BCUT2D eigenvalue weighted by Crippen LogP contribution is -2.39. The molecular formula is C14H18F3NO2. The molecule has 6 heteroatoms. The zero-order valence-corrected chi connectivity index (χ0v) is 11.6. The number of carbonyl (C=O) groups excluding carboxylic acids is 1. The van der Waals surface area contributed by atoms with Gasteiger partial charge in [0.2, 0.25) is 0 Å². The van der Waals surface area contributed by atoms with Crippen molar-refractivity contribution in [2.45, 2.75) is 45.0 Å². The maximum Gasteiger partial charge on any atom is 0.416 e. The van der Waals surface area contributed by atoms with Crippen LogP contribution in [0.4, 0.5) is 13.2 Å². The van der Waals surface area contributed by atoms with Crippen molar-refractivity contribution in [3.8, 4) is 0 Å². The maximum absolute atomic E-state index is 12.8. The number of esters is 1. The van der Waals surface area contributed by atoms with Gasteiger partial charge in [-0.3, -0.25) is 4.79 Å². The minimum absolute atomic E-state index is 0.0154. The number of rotatable bonds is 3. The molecule has 0 radical (unpaired) electrons. The highest BCUT2D eigenvalue weighted by molar-refractivity contribution is 5.76. The second-order valence-electron chi connectivity index (χ2n) is 5.50. The molecule has 0 aromatic heterocycles. The molecular weight excluding hydrogens is 271 g/mol. The normalized spacial score (nSPS) is 13.9. The van der Waals surface area contributed by atoms with Gasteiger partial charge in [-0.15, -0.1) is 0 Å². The zero-order chi connectivity index (χ0) is 15.6. The summed E-state index contributed by atoms with van der Waals surface area (Å²) in [6.45, 7) is 5.00. The molecule has 0 saturated carbocycles. The van der Waals surface area contributed by atoms with E-state index in [0.717, 1.165) is 6.07 Å². The summed E-state index contributed by atoms with van der Waals surface area (Å²) in [5.74, 6) is -0.713. The third-order valence-corrected chi connectivity index (χ3v) is 2.47. The van der Waals surface area contributed by atoms with Crippen LogP contribution in [0.2, 0.25) is 0 Å². The van der Waals surface area contributed by atoms with Crippen LogP contribution >= 0.6 is 0 Å². The molecule has 1 aromatic rings. The van der Waals surface area contributed by atoms with Crippen molar-refractivity contribution >= 4 is 5.97 Å². The Labute approximate surface area is 115 Å². The lowest BCUT2D eigenvalue weighted by atomic mass is 10.00. The van der Waals surface area contributed by atoms with Crippen LogP contribution in [0, 0.1) is 0 Å². The van der Waals surface area contributed by atoms with Gasteiger partial charge in [0.05, 0.1) is 5.56 Å². The van der Waals surface area contributed by atoms with Gasteiger partial charge in [-0.05, 0) is 38.8 Å². The summed E-state index contributed by atoms with van der Waals surface area (Å²) in [5, 5.41) is 0. The number of hydrogen-bond acceptors (Lipinski definition) is 3. The smallest absolute Gasteiger partial charge is 0.416 e. The van der Waals surface area contributed by atoms with Crippen LogP contribution in [-0.2, 0) is 22.1 Å². The molecule has 1 atom stereocenters. The Bertz CT molecular complexity index is 478. The topological polar surface area (TPSA) is 52.3 Å². The number of benzene rings is 1. The van der Waals surface area contributed by atoms with E-state index in [9.17, 15) is 18.0 Å². The van der Waals surface area contributed by atoms with Crippen LogP contribution < -0.4 is 5.73 Å². The second kappa shape index (κ2) is 5.83. The van der Waals surface area contributed by atoms with Gasteiger partial charge in [-0.25, -0.2) is 0 Å². The standard InChI is InChI=1S/C14H18F3NO2/c1-13(2,3)20-12(19)11(18)8-9-6-4-5-7-10(9)14(15,16)17/h4-7,11H,8,18H2,1-3H3/t11-/m1/s1. The molecule has 0 bridgehead atoms. The van der Waals surface area contributed by atoms with Crippen molar-refractivity contribution in [3.63, 3.8) is 0 Å². The van der Waals surface area contributed by atoms with Gasteiger partial charge in [0.15, 0.2) is 0 Å². The van der Waals surface area contributed by atoms with E-state index in [4.69, 9.17) is 10.5 Å². The van der Waals surface area contributed by atoms with Crippen LogP contribution in [0.1, 0.15) is 31.9 Å². The molecule has 0 amide bonds. The van der Waals surface area contributed by atoms with Crippen LogP contribution in [0.5, 0.6) is 0 Å². The van der Waals surface area contributed by atoms with Crippen molar-refractivity contribution < 1.29 is 22.7 Å². The first-order valence-electron chi connectivity index (χ1n) is 6.14. The molecule has 0 unspecified atom stereocenters. The van der Waals surface area contributed by atoms with Gasteiger partial charge in [0.25, 0.3) is 0 Å². The number of ether oxygens (including phenoxy) is 1. The highest BCUT2D eigenvalue weighted by Crippen LogP contribution is 2.32. The van der Waals surface area contributed by atoms with Crippen molar-refractivity contribution in [1.29, 1.82) is 0 Å². The number of halogens is 3. The molecule has 0 fully saturated rings. The summed E-state index contributed by atoms with van der Waals surface area (Å²) in [4.78, 5) is 11.7. The van der Waals surface area contributed by atoms with Gasteiger partial charge in [0.1, 0.15) is 11.6 Å². The van der Waals surface area contributed by atoms with Gasteiger partial charge in [-0.1, -0.05) is 18.2 Å². The number of alkyl halides is 3. The van der Waals surface area contributed by atoms with Crippen LogP contribution in [-0.4, -0.2) is 17.6 Å². The van der Waals surface area contributed by atoms with Gasteiger partial charge >= 0.3 is 12.1 Å². The molecule has 0 aliphatic carbocycles. The monoisotopic (exact) mass is 289 g/mol. The number of carbonyl (C=O) groups is 1. The molecule has 0 aliphatic rings. The highest BCUT2D eigenvalue weighted by Gasteiger charge is 2.34. The molecule has 1 aromatic carbocycles. The molecule has 0 aliphatic heterocycles. The summed E-state index contributed by atoms with van der Waals surface area (Å²) in [6, 6.07) is 3.93. The molecule has 0 spiro atoms. The van der Waals surface area contributed by atoms with E-state index in [1.54, 1.807) is 20.8 Å². The molecule has 0 saturated heterocycles. The Morgan fingerprint density at radius 2 is 1.80 bits per heavy atom. The summed E-state index contributed by atoms with van der Waals surface area (Å²) in [5.41, 5.74) is 4.11. The summed E-state index contributed by atoms with van der Waals surface area (Å²) in [6.07, 6.45) is -4.69. The quantitative estimate of drug-likeness (QED) is 0.870. The first-order valence-corrected chi connectivity index (χ1v) is 6.14. The minimum Gasteiger partial charge on any atom is -0.459 e. The summed E-state index contributed by atoms with van der Waals surface area (Å²) >= 11 is 0. The van der Waals surface area contributed by atoms with E-state index in [1.165, 1.54) is 18.2 Å². The minimum atomic E-state index is -4.47. The van der Waals surface area contributed by atoms with Crippen LogP contribution in [0.3, 0.4) is 0 Å². The molecule has 2 N–H and O–H groups in total. The van der Waals surface area contributed by atoms with Crippen molar-refractivity contribution in [1.82, 2.24) is 0 Å². The van der Waals surface area contributed by atoms with E-state index < -0.39 is 29.4 Å². The fraction of sp³-hybridized carbons (Fsp3) is 0.500. The Morgan fingerprint density at radius 1 is 1.25 bits per heavy atom. The van der Waals surface area contributed by atoms with E-state index in [2.05, 4.69) is 0 Å². The van der Waals surface area contributed by atoms with Gasteiger partial charge in [0, 0.05) is 0 Å². The van der Waals surface area contributed by atoms with Gasteiger partial charge < -0.3 is 10.5 Å². The Balaban J connectivity index is 2.86. The number of nitrogens with two attached hydrogens (primary N) is 1. The first-order chi connectivity index (χ1) is 9.00. The van der Waals surface area contributed by atoms with E-state index in [0.29, 0.717) is 0 Å². The van der Waals surface area contributed by atoms with Crippen LogP contribution in [0.25, 0.3) is 0 Å². The fourth-order valence-electron chi connectivity index (χ4n) is 1.67. The second-order valence-corrected chi connectivity index (χ2v) is 5.50. The average molecular weight is 289 g/mol. The van der Waals surface area contributed by atoms with E-state index >= 15 is 0 Å². The SMILES string of the molecule is CC(C)(C)OC(=O)[C@H](N)Cc1ccccc1C(F)(F)F. The van der Waals surface area contributed by atoms with Gasteiger partial charge in [-0.2, -0.15) is 13.2 Å². The summed E-state index contributed by atoms with van der Waals surface area (Å²) in [7, 11) is 0. The first kappa shape index (κ1) is 16.5. The third kappa shape index (κ3) is 4.85. The van der Waals surface area contributed by atoms with Crippen molar-refractivity contribution in [2.75, 3.05) is 0 Å². The third-order valence-electron chi connectivity index (χ3n) is 2.47. The highest BCUT2D eigenvalue weighted by atomic mass is 19.4. The predicted molar refractivity (Wildman–Crippen MR) is 69.0 cm³/mol. The van der Waals surface area contributed by atoms with Crippen molar-refractivity contribution in [2.24, 2.45) is 5.73 Å². The maximum atomic E-state index is 12.8. The Kier molecular flexibility index (Phi) is 4.81. The van der Waals surface area contributed by atoms with Crippen LogP contribution in [0.15, 0.2) is 24.3 Å². The molecule has 20 heavy (non-hydrogen) atoms. The van der Waals surface area contributed by atoms with E-state index in [1.807, 2.05) is 0 Å². The molecule has 0 heterocycles. The fourth-order valence-corrected chi connectivity index (χ4v) is 1.67. The molecule has 112 valence electrons.